The minimum Gasteiger partial charge on any atom is -0.494 e. The summed E-state index contributed by atoms with van der Waals surface area (Å²) in [6.45, 7) is 0.978. The number of benzene rings is 1. The number of epoxide rings is 1. The Bertz CT molecular complexity index is 426. The Balaban J connectivity index is 1.55. The van der Waals surface area contributed by atoms with Crippen molar-refractivity contribution in [2.75, 3.05) is 13.2 Å². The lowest BCUT2D eigenvalue weighted by Crippen LogP contribution is -2.23. The average molecular weight is 285 g/mol. The minimum atomic E-state index is -0.878. The molecule has 2 rings (SSSR count). The molecule has 0 aliphatic carbocycles. The minimum absolute atomic E-state index is 0.351. The normalized spacial score (nSPS) is 21.1. The number of halogens is 1. The van der Waals surface area contributed by atoms with E-state index in [0.29, 0.717) is 24.7 Å². The molecule has 0 spiro atoms. The van der Waals surface area contributed by atoms with Gasteiger partial charge in [-0.25, -0.2) is 4.79 Å². The Morgan fingerprint density at radius 2 is 2.00 bits per heavy atom. The van der Waals surface area contributed by atoms with Crippen molar-refractivity contribution in [3.8, 4) is 5.75 Å². The summed E-state index contributed by atoms with van der Waals surface area (Å²) in [6.07, 6.45) is 3.27. The predicted molar refractivity (Wildman–Crippen MR) is 71.7 cm³/mol. The van der Waals surface area contributed by atoms with Crippen molar-refractivity contribution in [2.24, 2.45) is 0 Å². The van der Waals surface area contributed by atoms with Gasteiger partial charge in [-0.3, -0.25) is 0 Å². The molecule has 0 amide bonds. The molecule has 0 saturated carbocycles. The number of unbranched alkanes of at least 4 members (excludes halogenated alkanes) is 2. The zero-order valence-electron chi connectivity index (χ0n) is 10.6. The Kier molecular flexibility index (Phi) is 4.66. The van der Waals surface area contributed by atoms with E-state index >= 15 is 0 Å². The van der Waals surface area contributed by atoms with E-state index in [1.807, 2.05) is 12.1 Å². The lowest BCUT2D eigenvalue weighted by atomic mass is 10.0. The molecule has 1 atom stereocenters. The molecule has 1 aliphatic rings. The summed E-state index contributed by atoms with van der Waals surface area (Å²) >= 11 is 5.77. The first-order chi connectivity index (χ1) is 9.12. The van der Waals surface area contributed by atoms with Crippen LogP contribution in [0.3, 0.4) is 0 Å². The largest absolute Gasteiger partial charge is 0.494 e. The van der Waals surface area contributed by atoms with Gasteiger partial charge in [0.25, 0.3) is 0 Å². The van der Waals surface area contributed by atoms with Crippen molar-refractivity contribution in [1.82, 2.24) is 0 Å². The summed E-state index contributed by atoms with van der Waals surface area (Å²) in [5, 5.41) is 9.61. The summed E-state index contributed by atoms with van der Waals surface area (Å²) < 4.78 is 10.6. The van der Waals surface area contributed by atoms with Crippen LogP contribution in [0.4, 0.5) is 0 Å². The van der Waals surface area contributed by atoms with Gasteiger partial charge in [-0.15, -0.1) is 0 Å². The smallest absolute Gasteiger partial charge is 0.338 e. The molecule has 1 N–H and O–H groups in total. The lowest BCUT2D eigenvalue weighted by molar-refractivity contribution is -0.143. The number of carboxylic acid groups (broad SMARTS) is 1. The molecule has 1 unspecified atom stereocenters. The molecule has 1 saturated heterocycles. The average Bonchev–Trinajstić information content (AvgIpc) is 3.17. The van der Waals surface area contributed by atoms with Gasteiger partial charge in [0, 0.05) is 5.02 Å². The fraction of sp³-hybridized carbons (Fsp3) is 0.500. The fourth-order valence-corrected chi connectivity index (χ4v) is 2.00. The van der Waals surface area contributed by atoms with Gasteiger partial charge in [0.15, 0.2) is 5.60 Å². The van der Waals surface area contributed by atoms with Crippen LogP contribution in [-0.4, -0.2) is 29.9 Å². The number of carboxylic acids is 1. The number of rotatable bonds is 8. The molecule has 0 aromatic heterocycles. The van der Waals surface area contributed by atoms with E-state index in [4.69, 9.17) is 26.2 Å². The first kappa shape index (κ1) is 14.2. The van der Waals surface area contributed by atoms with E-state index < -0.39 is 11.6 Å². The molecule has 5 heteroatoms. The van der Waals surface area contributed by atoms with E-state index in [0.717, 1.165) is 25.0 Å². The maximum atomic E-state index is 10.9. The van der Waals surface area contributed by atoms with E-state index in [1.54, 1.807) is 12.1 Å². The van der Waals surface area contributed by atoms with Crippen LogP contribution >= 0.6 is 11.6 Å². The first-order valence-corrected chi connectivity index (χ1v) is 6.76. The number of hydrogen-bond acceptors (Lipinski definition) is 3. The van der Waals surface area contributed by atoms with Crippen LogP contribution < -0.4 is 4.74 Å². The van der Waals surface area contributed by atoms with Gasteiger partial charge in [0.2, 0.25) is 0 Å². The van der Waals surface area contributed by atoms with Crippen molar-refractivity contribution in [2.45, 2.75) is 31.3 Å². The van der Waals surface area contributed by atoms with Crippen LogP contribution in [0.15, 0.2) is 24.3 Å². The Hall–Kier alpha value is -1.26. The van der Waals surface area contributed by atoms with Crippen molar-refractivity contribution in [1.29, 1.82) is 0 Å². The molecule has 0 bridgehead atoms. The molecule has 1 aromatic carbocycles. The van der Waals surface area contributed by atoms with Crippen molar-refractivity contribution < 1.29 is 19.4 Å². The monoisotopic (exact) mass is 284 g/mol. The molecular weight excluding hydrogens is 268 g/mol. The highest BCUT2D eigenvalue weighted by molar-refractivity contribution is 6.30. The Morgan fingerprint density at radius 1 is 1.32 bits per heavy atom. The third-order valence-corrected chi connectivity index (χ3v) is 3.44. The first-order valence-electron chi connectivity index (χ1n) is 6.38. The standard InChI is InChI=1S/C14H17ClO4/c15-11-4-6-12(7-5-11)18-9-3-1-2-8-14(10-19-14)13(16)17/h4-7H,1-3,8-10H2,(H,16,17). The highest BCUT2D eigenvalue weighted by atomic mass is 35.5. The van der Waals surface area contributed by atoms with Crippen molar-refractivity contribution in [3.05, 3.63) is 29.3 Å². The lowest BCUT2D eigenvalue weighted by Gasteiger charge is -2.07. The number of aliphatic carboxylic acids is 1. The molecule has 1 heterocycles. The second-order valence-corrected chi connectivity index (χ2v) is 5.14. The summed E-state index contributed by atoms with van der Waals surface area (Å²) in [5.41, 5.74) is -0.878. The summed E-state index contributed by atoms with van der Waals surface area (Å²) in [4.78, 5) is 10.9. The van der Waals surface area contributed by atoms with E-state index in [9.17, 15) is 4.79 Å². The maximum absolute atomic E-state index is 10.9. The number of ether oxygens (including phenoxy) is 2. The number of hydrogen-bond donors (Lipinski definition) is 1. The Morgan fingerprint density at radius 3 is 2.58 bits per heavy atom. The SMILES string of the molecule is O=C(O)C1(CCCCCOc2ccc(Cl)cc2)CO1. The summed E-state index contributed by atoms with van der Waals surface area (Å²) in [7, 11) is 0. The molecule has 104 valence electrons. The van der Waals surface area contributed by atoms with E-state index in [2.05, 4.69) is 0 Å². The highest BCUT2D eigenvalue weighted by Crippen LogP contribution is 2.33. The maximum Gasteiger partial charge on any atom is 0.338 e. The molecule has 1 aliphatic heterocycles. The second-order valence-electron chi connectivity index (χ2n) is 4.70. The van der Waals surface area contributed by atoms with Crippen LogP contribution in [0.5, 0.6) is 5.75 Å². The fourth-order valence-electron chi connectivity index (χ4n) is 1.87. The van der Waals surface area contributed by atoms with E-state index in [1.165, 1.54) is 0 Å². The highest BCUT2D eigenvalue weighted by Gasteiger charge is 2.51. The van der Waals surface area contributed by atoms with Crippen molar-refractivity contribution >= 4 is 17.6 Å². The molecular formula is C14H17ClO4. The zero-order chi connectivity index (χ0) is 13.7. The molecule has 4 nitrogen and oxygen atoms in total. The van der Waals surface area contributed by atoms with Gasteiger partial charge < -0.3 is 14.6 Å². The van der Waals surface area contributed by atoms with Crippen LogP contribution in [0.1, 0.15) is 25.7 Å². The Labute approximate surface area is 117 Å². The van der Waals surface area contributed by atoms with Gasteiger partial charge in [0.1, 0.15) is 5.75 Å². The van der Waals surface area contributed by atoms with Gasteiger partial charge in [-0.1, -0.05) is 11.6 Å². The third-order valence-electron chi connectivity index (χ3n) is 3.19. The van der Waals surface area contributed by atoms with Crippen LogP contribution in [0, 0.1) is 0 Å². The second kappa shape index (κ2) is 6.26. The van der Waals surface area contributed by atoms with Crippen LogP contribution in [-0.2, 0) is 9.53 Å². The van der Waals surface area contributed by atoms with Gasteiger partial charge in [-0.2, -0.15) is 0 Å². The van der Waals surface area contributed by atoms with Gasteiger partial charge >= 0.3 is 5.97 Å². The predicted octanol–water partition coefficient (Wildman–Crippen LogP) is 3.13. The van der Waals surface area contributed by atoms with Gasteiger partial charge in [0.05, 0.1) is 13.2 Å². The van der Waals surface area contributed by atoms with Crippen LogP contribution in [0.25, 0.3) is 0 Å². The van der Waals surface area contributed by atoms with E-state index in [-0.39, 0.29) is 0 Å². The summed E-state index contributed by atoms with van der Waals surface area (Å²) in [5.74, 6) is -0.0400. The molecule has 19 heavy (non-hydrogen) atoms. The molecule has 1 fully saturated rings. The topological polar surface area (TPSA) is 59.1 Å². The number of carbonyl (C=O) groups is 1. The van der Waals surface area contributed by atoms with Gasteiger partial charge in [-0.05, 0) is 49.9 Å². The van der Waals surface area contributed by atoms with Crippen molar-refractivity contribution in [3.63, 3.8) is 0 Å². The molecule has 0 radical (unpaired) electrons. The quantitative estimate of drug-likeness (QED) is 0.588. The molecule has 1 aromatic rings. The third kappa shape index (κ3) is 4.11. The van der Waals surface area contributed by atoms with Crippen LogP contribution in [0.2, 0.25) is 5.02 Å². The summed E-state index contributed by atoms with van der Waals surface area (Å²) in [6, 6.07) is 7.25. The zero-order valence-corrected chi connectivity index (χ0v) is 11.4.